The highest BCUT2D eigenvalue weighted by Gasteiger charge is 2.36. The van der Waals surface area contributed by atoms with Gasteiger partial charge in [0.1, 0.15) is 11.3 Å². The number of benzene rings is 1. The van der Waals surface area contributed by atoms with Gasteiger partial charge in [0.05, 0.1) is 0 Å². The molecule has 1 rings (SSSR count). The summed E-state index contributed by atoms with van der Waals surface area (Å²) in [4.78, 5) is 0. The molecule has 0 bridgehead atoms. The summed E-state index contributed by atoms with van der Waals surface area (Å²) < 4.78 is 54.3. The Morgan fingerprint density at radius 1 is 1.24 bits per heavy atom. The van der Waals surface area contributed by atoms with Crippen LogP contribution in [0.1, 0.15) is 18.1 Å². The predicted molar refractivity (Wildman–Crippen MR) is 55.4 cm³/mol. The Morgan fingerprint density at radius 2 is 1.82 bits per heavy atom. The van der Waals surface area contributed by atoms with Crippen molar-refractivity contribution in [2.45, 2.75) is 32.4 Å². The fraction of sp³-hybridized carbons (Fsp3) is 0.455. The fourth-order valence-electron chi connectivity index (χ4n) is 1.44. The first-order valence-electron chi connectivity index (χ1n) is 4.88. The summed E-state index contributed by atoms with van der Waals surface area (Å²) in [6.07, 6.45) is -2.88. The van der Waals surface area contributed by atoms with Gasteiger partial charge in [0.15, 0.2) is 0 Å². The van der Waals surface area contributed by atoms with Gasteiger partial charge in [-0.05, 0) is 19.4 Å². The molecule has 0 aromatic heterocycles. The van der Waals surface area contributed by atoms with Gasteiger partial charge in [0, 0.05) is 5.56 Å². The number of rotatable bonds is 4. The van der Waals surface area contributed by atoms with Crippen molar-refractivity contribution in [2.75, 3.05) is 0 Å². The van der Waals surface area contributed by atoms with Gasteiger partial charge in [-0.3, -0.25) is 0 Å². The number of hydrogen-bond donors (Lipinski definition) is 1. The van der Waals surface area contributed by atoms with Crippen molar-refractivity contribution in [3.05, 3.63) is 29.3 Å². The first-order chi connectivity index (χ1) is 7.76. The molecule has 0 spiro atoms. The third-order valence-electron chi connectivity index (χ3n) is 2.45. The van der Waals surface area contributed by atoms with Crippen molar-refractivity contribution in [1.29, 1.82) is 0 Å². The second-order valence-corrected chi connectivity index (χ2v) is 3.91. The summed E-state index contributed by atoms with van der Waals surface area (Å²) in [5, 5.41) is 0. The number of aryl methyl sites for hydroxylation is 1. The van der Waals surface area contributed by atoms with Gasteiger partial charge >= 0.3 is 6.61 Å². The molecule has 0 saturated carbocycles. The Balaban J connectivity index is 3.28. The van der Waals surface area contributed by atoms with Crippen LogP contribution in [-0.4, -0.2) is 13.0 Å². The van der Waals surface area contributed by atoms with Gasteiger partial charge in [-0.1, -0.05) is 18.2 Å². The summed E-state index contributed by atoms with van der Waals surface area (Å²) in [6, 6.07) is 4.22. The van der Waals surface area contributed by atoms with E-state index in [9.17, 15) is 17.6 Å². The van der Waals surface area contributed by atoms with Gasteiger partial charge in [0.2, 0.25) is 0 Å². The van der Waals surface area contributed by atoms with Gasteiger partial charge < -0.3 is 10.5 Å². The molecular weight excluding hydrogens is 238 g/mol. The minimum absolute atomic E-state index is 0.132. The van der Waals surface area contributed by atoms with Crippen LogP contribution in [0.2, 0.25) is 0 Å². The fourth-order valence-corrected chi connectivity index (χ4v) is 1.44. The molecule has 2 nitrogen and oxygen atoms in total. The van der Waals surface area contributed by atoms with Crippen LogP contribution in [0.25, 0.3) is 0 Å². The lowest BCUT2D eigenvalue weighted by Gasteiger charge is -2.27. The zero-order valence-electron chi connectivity index (χ0n) is 9.38. The van der Waals surface area contributed by atoms with Crippen LogP contribution in [0.15, 0.2) is 18.2 Å². The monoisotopic (exact) mass is 251 g/mol. The zero-order valence-corrected chi connectivity index (χ0v) is 9.38. The molecule has 0 radical (unpaired) electrons. The molecule has 17 heavy (non-hydrogen) atoms. The van der Waals surface area contributed by atoms with E-state index in [0.29, 0.717) is 5.56 Å². The molecule has 1 unspecified atom stereocenters. The number of hydrogen-bond acceptors (Lipinski definition) is 2. The average Bonchev–Trinajstić information content (AvgIpc) is 2.19. The Hall–Kier alpha value is -1.30. The summed E-state index contributed by atoms with van der Waals surface area (Å²) in [6.45, 7) is -0.517. The van der Waals surface area contributed by atoms with E-state index in [1.165, 1.54) is 25.1 Å². The number of alkyl halides is 4. The lowest BCUT2D eigenvalue weighted by atomic mass is 9.91. The molecule has 96 valence electrons. The van der Waals surface area contributed by atoms with E-state index in [4.69, 9.17) is 5.73 Å². The maximum atomic E-state index is 12.8. The molecule has 2 N–H and O–H groups in total. The van der Waals surface area contributed by atoms with E-state index in [2.05, 4.69) is 4.74 Å². The van der Waals surface area contributed by atoms with Gasteiger partial charge in [-0.25, -0.2) is 8.78 Å². The van der Waals surface area contributed by atoms with E-state index in [0.717, 1.165) is 6.92 Å². The molecule has 0 aliphatic rings. The topological polar surface area (TPSA) is 35.2 Å². The van der Waals surface area contributed by atoms with Crippen LogP contribution in [0.5, 0.6) is 5.75 Å². The molecule has 0 aliphatic heterocycles. The second kappa shape index (κ2) is 4.91. The summed E-state index contributed by atoms with van der Waals surface area (Å²) in [5.74, 6) is -0.284. The normalized spacial score (nSPS) is 15.1. The molecule has 0 heterocycles. The highest BCUT2D eigenvalue weighted by molar-refractivity contribution is 5.45. The van der Waals surface area contributed by atoms with Gasteiger partial charge in [0.25, 0.3) is 6.43 Å². The number of ether oxygens (including phenoxy) is 1. The standard InChI is InChI=1S/C11H13F4NO/c1-6-4-3-5-7(8(6)17-10(14)15)11(2,16)9(12)13/h3-5,9-10H,16H2,1-2H3. The first-order valence-corrected chi connectivity index (χ1v) is 4.88. The predicted octanol–water partition coefficient (Wildman–Crippen LogP) is 3.04. The molecule has 0 fully saturated rings. The lowest BCUT2D eigenvalue weighted by molar-refractivity contribution is -0.0528. The summed E-state index contributed by atoms with van der Waals surface area (Å²) >= 11 is 0. The Bertz CT molecular complexity index is 393. The minimum Gasteiger partial charge on any atom is -0.434 e. The third kappa shape index (κ3) is 2.88. The van der Waals surface area contributed by atoms with E-state index >= 15 is 0 Å². The summed E-state index contributed by atoms with van der Waals surface area (Å²) in [5.41, 5.74) is 3.62. The van der Waals surface area contributed by atoms with Crippen LogP contribution >= 0.6 is 0 Å². The van der Waals surface area contributed by atoms with Crippen LogP contribution < -0.4 is 10.5 Å². The average molecular weight is 251 g/mol. The quantitative estimate of drug-likeness (QED) is 0.835. The van der Waals surface area contributed by atoms with Crippen molar-refractivity contribution in [1.82, 2.24) is 0 Å². The summed E-state index contributed by atoms with van der Waals surface area (Å²) in [7, 11) is 0. The Kier molecular flexibility index (Phi) is 3.98. The van der Waals surface area contributed by atoms with Crippen molar-refractivity contribution in [2.24, 2.45) is 5.73 Å². The molecule has 1 aromatic carbocycles. The lowest BCUT2D eigenvalue weighted by Crippen LogP contribution is -2.41. The number of halogens is 4. The molecular formula is C11H13F4NO. The van der Waals surface area contributed by atoms with Crippen LogP contribution in [-0.2, 0) is 5.54 Å². The second-order valence-electron chi connectivity index (χ2n) is 3.91. The zero-order chi connectivity index (χ0) is 13.2. The molecule has 6 heteroatoms. The molecule has 0 aliphatic carbocycles. The van der Waals surface area contributed by atoms with Crippen molar-refractivity contribution < 1.29 is 22.3 Å². The maximum Gasteiger partial charge on any atom is 0.387 e. The van der Waals surface area contributed by atoms with Crippen molar-refractivity contribution in [3.63, 3.8) is 0 Å². The van der Waals surface area contributed by atoms with E-state index in [1.54, 1.807) is 0 Å². The van der Waals surface area contributed by atoms with Crippen LogP contribution in [0.3, 0.4) is 0 Å². The van der Waals surface area contributed by atoms with Gasteiger partial charge in [-0.15, -0.1) is 0 Å². The highest BCUT2D eigenvalue weighted by atomic mass is 19.3. The molecule has 0 amide bonds. The highest BCUT2D eigenvalue weighted by Crippen LogP contribution is 2.35. The first kappa shape index (κ1) is 13.8. The van der Waals surface area contributed by atoms with Crippen LogP contribution in [0.4, 0.5) is 17.6 Å². The van der Waals surface area contributed by atoms with E-state index in [-0.39, 0.29) is 11.3 Å². The number of nitrogens with two attached hydrogens (primary N) is 1. The van der Waals surface area contributed by atoms with Gasteiger partial charge in [-0.2, -0.15) is 8.78 Å². The Labute approximate surface area is 96.4 Å². The molecule has 0 saturated heterocycles. The third-order valence-corrected chi connectivity index (χ3v) is 2.45. The Morgan fingerprint density at radius 3 is 2.29 bits per heavy atom. The van der Waals surface area contributed by atoms with Crippen molar-refractivity contribution >= 4 is 0 Å². The van der Waals surface area contributed by atoms with E-state index < -0.39 is 18.6 Å². The maximum absolute atomic E-state index is 12.8. The largest absolute Gasteiger partial charge is 0.434 e. The van der Waals surface area contributed by atoms with Crippen molar-refractivity contribution in [3.8, 4) is 5.75 Å². The molecule has 1 atom stereocenters. The van der Waals surface area contributed by atoms with Crippen LogP contribution in [0, 0.1) is 6.92 Å². The SMILES string of the molecule is Cc1cccc(C(C)(N)C(F)F)c1OC(F)F. The molecule has 1 aromatic rings. The minimum atomic E-state index is -3.08. The smallest absolute Gasteiger partial charge is 0.387 e. The van der Waals surface area contributed by atoms with E-state index in [1.807, 2.05) is 0 Å². The number of para-hydroxylation sites is 1.